The maximum Gasteiger partial charge on any atom is 0.340 e. The molecule has 0 aliphatic rings. The molecule has 2 aromatic carbocycles. The van der Waals surface area contributed by atoms with Crippen LogP contribution in [0.15, 0.2) is 48.7 Å². The Morgan fingerprint density at radius 1 is 1.11 bits per heavy atom. The van der Waals surface area contributed by atoms with E-state index in [0.29, 0.717) is 23.6 Å². The molecule has 0 fully saturated rings. The number of aryl methyl sites for hydroxylation is 1. The molecule has 0 spiro atoms. The third-order valence-electron chi connectivity index (χ3n) is 4.46. The molecule has 3 rings (SSSR count). The number of esters is 1. The van der Waals surface area contributed by atoms with Gasteiger partial charge in [-0.2, -0.15) is 0 Å². The Bertz CT molecular complexity index is 976. The van der Waals surface area contributed by atoms with Gasteiger partial charge in [-0.05, 0) is 31.9 Å². The molecule has 5 heteroatoms. The van der Waals surface area contributed by atoms with E-state index in [4.69, 9.17) is 16.3 Å². The Kier molecular flexibility index (Phi) is 5.97. The van der Waals surface area contributed by atoms with Crippen LogP contribution < -0.4 is 0 Å². The third kappa shape index (κ3) is 4.06. The van der Waals surface area contributed by atoms with E-state index in [9.17, 15) is 9.59 Å². The van der Waals surface area contributed by atoms with Gasteiger partial charge in [0, 0.05) is 29.9 Å². The van der Waals surface area contributed by atoms with Crippen molar-refractivity contribution in [3.05, 3.63) is 59.2 Å². The summed E-state index contributed by atoms with van der Waals surface area (Å²) in [5.74, 6) is -0.255. The van der Waals surface area contributed by atoms with Crippen molar-refractivity contribution in [3.8, 4) is 11.3 Å². The SMILES string of the molecule is CCOC(=O)c1c(Cl)ccc2cn(CCCC(C)=O)c(-c3ccccc3)c12. The number of hydrogen-bond acceptors (Lipinski definition) is 3. The summed E-state index contributed by atoms with van der Waals surface area (Å²) in [5.41, 5.74) is 2.29. The standard InChI is InChI=1S/C22H22ClNO3/c1-3-27-22(26)20-18(23)12-11-17-14-24(13-7-8-15(2)25)21(19(17)20)16-9-5-4-6-10-16/h4-6,9-12,14H,3,7-8,13H2,1-2H3. The zero-order chi connectivity index (χ0) is 19.4. The van der Waals surface area contributed by atoms with Crippen molar-refractivity contribution >= 4 is 34.1 Å². The van der Waals surface area contributed by atoms with Crippen molar-refractivity contribution in [1.82, 2.24) is 4.57 Å². The monoisotopic (exact) mass is 383 g/mol. The lowest BCUT2D eigenvalue weighted by atomic mass is 10.0. The molecule has 0 radical (unpaired) electrons. The van der Waals surface area contributed by atoms with E-state index in [1.807, 2.05) is 42.6 Å². The number of rotatable bonds is 7. The minimum Gasteiger partial charge on any atom is -0.462 e. The van der Waals surface area contributed by atoms with Crippen molar-refractivity contribution in [1.29, 1.82) is 0 Å². The molecule has 1 heterocycles. The molecule has 1 aromatic heterocycles. The van der Waals surface area contributed by atoms with E-state index in [2.05, 4.69) is 4.57 Å². The molecule has 0 amide bonds. The first-order chi connectivity index (χ1) is 13.0. The van der Waals surface area contributed by atoms with E-state index in [1.165, 1.54) is 0 Å². The third-order valence-corrected chi connectivity index (χ3v) is 4.78. The fourth-order valence-electron chi connectivity index (χ4n) is 3.32. The lowest BCUT2D eigenvalue weighted by Crippen LogP contribution is -2.07. The summed E-state index contributed by atoms with van der Waals surface area (Å²) in [6.45, 7) is 4.34. The second-order valence-corrected chi connectivity index (χ2v) is 6.86. The van der Waals surface area contributed by atoms with Gasteiger partial charge >= 0.3 is 5.97 Å². The summed E-state index contributed by atoms with van der Waals surface area (Å²) in [5, 5.41) is 2.08. The highest BCUT2D eigenvalue weighted by Crippen LogP contribution is 2.37. The lowest BCUT2D eigenvalue weighted by molar-refractivity contribution is -0.117. The van der Waals surface area contributed by atoms with Crippen LogP contribution in [-0.2, 0) is 16.1 Å². The van der Waals surface area contributed by atoms with Gasteiger partial charge in [-0.15, -0.1) is 0 Å². The number of aromatic nitrogens is 1. The number of ketones is 1. The molecular formula is C22H22ClNO3. The number of benzene rings is 2. The Hall–Kier alpha value is -2.59. The number of nitrogens with zero attached hydrogens (tertiary/aromatic N) is 1. The highest BCUT2D eigenvalue weighted by Gasteiger charge is 2.22. The van der Waals surface area contributed by atoms with Gasteiger partial charge in [0.1, 0.15) is 5.78 Å². The second kappa shape index (κ2) is 8.40. The van der Waals surface area contributed by atoms with E-state index in [1.54, 1.807) is 19.9 Å². The molecule has 0 bridgehead atoms. The fraction of sp³-hybridized carbons (Fsp3) is 0.273. The van der Waals surface area contributed by atoms with Crippen LogP contribution in [-0.4, -0.2) is 22.9 Å². The number of ether oxygens (including phenoxy) is 1. The predicted octanol–water partition coefficient (Wildman–Crippen LogP) is 5.51. The summed E-state index contributed by atoms with van der Waals surface area (Å²) >= 11 is 6.39. The van der Waals surface area contributed by atoms with E-state index >= 15 is 0 Å². The zero-order valence-corrected chi connectivity index (χ0v) is 16.3. The minimum absolute atomic E-state index is 0.170. The fourth-order valence-corrected chi connectivity index (χ4v) is 3.55. The van der Waals surface area contributed by atoms with Crippen molar-refractivity contribution in [2.75, 3.05) is 6.61 Å². The topological polar surface area (TPSA) is 48.3 Å². The van der Waals surface area contributed by atoms with Crippen molar-refractivity contribution in [2.45, 2.75) is 33.2 Å². The van der Waals surface area contributed by atoms with Gasteiger partial charge in [0.15, 0.2) is 0 Å². The van der Waals surface area contributed by atoms with Crippen LogP contribution in [0.5, 0.6) is 0 Å². The second-order valence-electron chi connectivity index (χ2n) is 6.45. The van der Waals surface area contributed by atoms with Gasteiger partial charge in [0.2, 0.25) is 0 Å². The summed E-state index contributed by atoms with van der Waals surface area (Å²) < 4.78 is 7.35. The first-order valence-corrected chi connectivity index (χ1v) is 9.44. The Balaban J connectivity index is 2.22. The van der Waals surface area contributed by atoms with E-state index in [0.717, 1.165) is 28.5 Å². The molecule has 0 N–H and O–H groups in total. The summed E-state index contributed by atoms with van der Waals surface area (Å²) in [7, 11) is 0. The number of carbonyl (C=O) groups excluding carboxylic acids is 2. The number of fused-ring (bicyclic) bond motifs is 1. The first-order valence-electron chi connectivity index (χ1n) is 9.06. The molecule has 0 aliphatic carbocycles. The highest BCUT2D eigenvalue weighted by molar-refractivity contribution is 6.36. The number of hydrogen-bond donors (Lipinski definition) is 0. The Morgan fingerprint density at radius 2 is 1.85 bits per heavy atom. The zero-order valence-electron chi connectivity index (χ0n) is 15.5. The van der Waals surface area contributed by atoms with Crippen LogP contribution in [0.4, 0.5) is 0 Å². The van der Waals surface area contributed by atoms with E-state index in [-0.39, 0.29) is 12.4 Å². The van der Waals surface area contributed by atoms with Gasteiger partial charge < -0.3 is 14.1 Å². The van der Waals surface area contributed by atoms with Crippen molar-refractivity contribution < 1.29 is 14.3 Å². The number of Topliss-reactive ketones (excluding diaryl/α,β-unsaturated/α-hetero) is 1. The van der Waals surface area contributed by atoms with Crippen LogP contribution in [0.3, 0.4) is 0 Å². The van der Waals surface area contributed by atoms with Gasteiger partial charge in [-0.1, -0.05) is 48.0 Å². The summed E-state index contributed by atoms with van der Waals surface area (Å²) in [6, 6.07) is 13.5. The smallest absolute Gasteiger partial charge is 0.340 e. The highest BCUT2D eigenvalue weighted by atomic mass is 35.5. The number of halogens is 1. The average Bonchev–Trinajstić information content (AvgIpc) is 3.00. The van der Waals surface area contributed by atoms with Crippen molar-refractivity contribution in [2.24, 2.45) is 0 Å². The van der Waals surface area contributed by atoms with Gasteiger partial charge in [0.05, 0.1) is 22.9 Å². The van der Waals surface area contributed by atoms with Crippen LogP contribution >= 0.6 is 11.6 Å². The van der Waals surface area contributed by atoms with Gasteiger partial charge in [-0.3, -0.25) is 0 Å². The maximum absolute atomic E-state index is 12.6. The van der Waals surface area contributed by atoms with Gasteiger partial charge in [0.25, 0.3) is 0 Å². The number of carbonyl (C=O) groups is 2. The lowest BCUT2D eigenvalue weighted by Gasteiger charge is -2.12. The Morgan fingerprint density at radius 3 is 2.52 bits per heavy atom. The van der Waals surface area contributed by atoms with Crippen LogP contribution in [0, 0.1) is 0 Å². The van der Waals surface area contributed by atoms with Crippen LogP contribution in [0.2, 0.25) is 5.02 Å². The molecule has 0 saturated carbocycles. The van der Waals surface area contributed by atoms with Crippen LogP contribution in [0.1, 0.15) is 37.0 Å². The molecule has 0 unspecified atom stereocenters. The maximum atomic E-state index is 12.6. The largest absolute Gasteiger partial charge is 0.462 e. The Labute approximate surface area is 163 Å². The molecule has 140 valence electrons. The molecule has 0 saturated heterocycles. The van der Waals surface area contributed by atoms with E-state index < -0.39 is 5.97 Å². The summed E-state index contributed by atoms with van der Waals surface area (Å²) in [4.78, 5) is 23.9. The molecule has 4 nitrogen and oxygen atoms in total. The van der Waals surface area contributed by atoms with Gasteiger partial charge in [-0.25, -0.2) is 4.79 Å². The minimum atomic E-state index is -0.424. The average molecular weight is 384 g/mol. The quantitative estimate of drug-likeness (QED) is 0.505. The molecule has 27 heavy (non-hydrogen) atoms. The molecule has 0 atom stereocenters. The normalized spacial score (nSPS) is 10.9. The predicted molar refractivity (Wildman–Crippen MR) is 108 cm³/mol. The molecule has 3 aromatic rings. The summed E-state index contributed by atoms with van der Waals surface area (Å²) in [6.07, 6.45) is 3.27. The molecular weight excluding hydrogens is 362 g/mol. The first kappa shape index (κ1) is 19.2. The van der Waals surface area contributed by atoms with Crippen LogP contribution in [0.25, 0.3) is 22.0 Å². The van der Waals surface area contributed by atoms with Crippen molar-refractivity contribution in [3.63, 3.8) is 0 Å². The molecule has 0 aliphatic heterocycles.